The highest BCUT2D eigenvalue weighted by Crippen LogP contribution is 2.27. The van der Waals surface area contributed by atoms with Gasteiger partial charge in [0.1, 0.15) is 29.8 Å². The van der Waals surface area contributed by atoms with Crippen molar-refractivity contribution in [3.05, 3.63) is 53.0 Å². The van der Waals surface area contributed by atoms with Crippen LogP contribution in [0.3, 0.4) is 0 Å². The van der Waals surface area contributed by atoms with Gasteiger partial charge in [-0.3, -0.25) is 0 Å². The SMILES string of the molecule is COC(=O)c1cc(C(O)CNCC2COC3=C(C=CCC3)O2)ccc1OC. The monoisotopic (exact) mass is 375 g/mol. The lowest BCUT2D eigenvalue weighted by molar-refractivity contribution is -0.00221. The molecule has 0 fully saturated rings. The average molecular weight is 375 g/mol. The highest BCUT2D eigenvalue weighted by Gasteiger charge is 2.23. The molecular weight excluding hydrogens is 350 g/mol. The van der Waals surface area contributed by atoms with E-state index in [9.17, 15) is 9.90 Å². The van der Waals surface area contributed by atoms with Gasteiger partial charge in [-0.1, -0.05) is 12.1 Å². The number of aliphatic hydroxyl groups excluding tert-OH is 1. The number of hydrogen-bond donors (Lipinski definition) is 2. The third-order valence-corrected chi connectivity index (χ3v) is 4.54. The molecule has 0 aromatic heterocycles. The van der Waals surface area contributed by atoms with E-state index < -0.39 is 12.1 Å². The minimum atomic E-state index is -0.784. The van der Waals surface area contributed by atoms with Crippen molar-refractivity contribution in [2.24, 2.45) is 0 Å². The summed E-state index contributed by atoms with van der Waals surface area (Å²) in [5.74, 6) is 1.62. The molecule has 7 heteroatoms. The third-order valence-electron chi connectivity index (χ3n) is 4.54. The molecule has 0 saturated carbocycles. The predicted octanol–water partition coefficient (Wildman–Crippen LogP) is 2.08. The molecular formula is C20H25NO6. The number of ether oxygens (including phenoxy) is 4. The number of esters is 1. The molecule has 2 atom stereocenters. The summed E-state index contributed by atoms with van der Waals surface area (Å²) in [5, 5.41) is 13.6. The van der Waals surface area contributed by atoms with Crippen LogP contribution < -0.4 is 10.1 Å². The summed E-state index contributed by atoms with van der Waals surface area (Å²) in [5.41, 5.74) is 0.883. The van der Waals surface area contributed by atoms with Crippen LogP contribution in [0.1, 0.15) is 34.9 Å². The van der Waals surface area contributed by atoms with Crippen LogP contribution in [-0.4, -0.2) is 51.1 Å². The largest absolute Gasteiger partial charge is 0.496 e. The molecule has 0 saturated heterocycles. The first-order valence-corrected chi connectivity index (χ1v) is 8.96. The molecule has 146 valence electrons. The van der Waals surface area contributed by atoms with Crippen LogP contribution in [0.2, 0.25) is 0 Å². The summed E-state index contributed by atoms with van der Waals surface area (Å²) in [4.78, 5) is 11.9. The Labute approximate surface area is 158 Å². The molecule has 0 radical (unpaired) electrons. The number of carbonyl (C=O) groups excluding carboxylic acids is 1. The standard InChI is InChI=1S/C20H25NO6/c1-24-17-8-7-13(9-15(17)20(23)25-2)16(22)11-21-10-14-12-26-18-5-3-4-6-19(18)27-14/h4,6-9,14,16,21-22H,3,5,10-12H2,1-2H3. The van der Waals surface area contributed by atoms with E-state index >= 15 is 0 Å². The minimum Gasteiger partial charge on any atom is -0.496 e. The normalized spacial score (nSPS) is 19.6. The zero-order chi connectivity index (χ0) is 19.2. The van der Waals surface area contributed by atoms with Gasteiger partial charge in [0.25, 0.3) is 0 Å². The highest BCUT2D eigenvalue weighted by molar-refractivity contribution is 5.92. The molecule has 7 nitrogen and oxygen atoms in total. The fraction of sp³-hybridized carbons (Fsp3) is 0.450. The van der Waals surface area contributed by atoms with E-state index in [0.717, 1.165) is 24.4 Å². The fourth-order valence-corrected chi connectivity index (χ4v) is 3.08. The van der Waals surface area contributed by atoms with Crippen LogP contribution in [0.4, 0.5) is 0 Å². The van der Waals surface area contributed by atoms with E-state index in [0.29, 0.717) is 31.0 Å². The number of methoxy groups -OCH3 is 2. The molecule has 0 bridgehead atoms. The highest BCUT2D eigenvalue weighted by atomic mass is 16.6. The molecule has 2 aliphatic rings. The van der Waals surface area contributed by atoms with Crippen LogP contribution in [-0.2, 0) is 14.2 Å². The molecule has 27 heavy (non-hydrogen) atoms. The van der Waals surface area contributed by atoms with E-state index in [2.05, 4.69) is 11.4 Å². The van der Waals surface area contributed by atoms with Crippen LogP contribution in [0, 0.1) is 0 Å². The Hall–Kier alpha value is -2.51. The quantitative estimate of drug-likeness (QED) is 0.706. The van der Waals surface area contributed by atoms with Gasteiger partial charge in [0.2, 0.25) is 0 Å². The van der Waals surface area contributed by atoms with Crippen molar-refractivity contribution in [1.82, 2.24) is 5.32 Å². The Bertz CT molecular complexity index is 742. The van der Waals surface area contributed by atoms with E-state index in [-0.39, 0.29) is 11.7 Å². The van der Waals surface area contributed by atoms with Crippen molar-refractivity contribution in [3.8, 4) is 5.75 Å². The number of allylic oxidation sites excluding steroid dienone is 3. The second-order valence-electron chi connectivity index (χ2n) is 6.40. The number of carbonyl (C=O) groups is 1. The number of nitrogens with one attached hydrogen (secondary N) is 1. The zero-order valence-electron chi connectivity index (χ0n) is 15.6. The van der Waals surface area contributed by atoms with Gasteiger partial charge in [0.05, 0.1) is 20.3 Å². The smallest absolute Gasteiger partial charge is 0.341 e. The maximum absolute atomic E-state index is 11.9. The Balaban J connectivity index is 1.54. The van der Waals surface area contributed by atoms with E-state index in [4.69, 9.17) is 18.9 Å². The van der Waals surface area contributed by atoms with Crippen molar-refractivity contribution in [3.63, 3.8) is 0 Å². The molecule has 1 aliphatic heterocycles. The van der Waals surface area contributed by atoms with E-state index in [1.165, 1.54) is 14.2 Å². The molecule has 1 heterocycles. The summed E-state index contributed by atoms with van der Waals surface area (Å²) in [6.45, 7) is 1.35. The lowest BCUT2D eigenvalue weighted by atomic mass is 10.0. The summed E-state index contributed by atoms with van der Waals surface area (Å²) in [6, 6.07) is 4.95. The average Bonchev–Trinajstić information content (AvgIpc) is 2.72. The molecule has 1 aliphatic carbocycles. The fourth-order valence-electron chi connectivity index (χ4n) is 3.08. The molecule has 2 N–H and O–H groups in total. The first-order valence-electron chi connectivity index (χ1n) is 8.96. The maximum atomic E-state index is 11.9. The second kappa shape index (κ2) is 8.92. The van der Waals surface area contributed by atoms with Gasteiger partial charge in [-0.15, -0.1) is 0 Å². The number of benzene rings is 1. The topological polar surface area (TPSA) is 86.3 Å². The predicted molar refractivity (Wildman–Crippen MR) is 98.4 cm³/mol. The van der Waals surface area contributed by atoms with Gasteiger partial charge in [0.15, 0.2) is 5.76 Å². The zero-order valence-corrected chi connectivity index (χ0v) is 15.6. The molecule has 0 amide bonds. The van der Waals surface area contributed by atoms with E-state index in [1.807, 2.05) is 6.08 Å². The number of hydrogen-bond acceptors (Lipinski definition) is 7. The lowest BCUT2D eigenvalue weighted by Crippen LogP contribution is -2.37. The maximum Gasteiger partial charge on any atom is 0.341 e. The summed E-state index contributed by atoms with van der Waals surface area (Å²) in [7, 11) is 2.79. The Morgan fingerprint density at radius 1 is 1.41 bits per heavy atom. The van der Waals surface area contributed by atoms with E-state index in [1.54, 1.807) is 18.2 Å². The van der Waals surface area contributed by atoms with Gasteiger partial charge in [-0.05, 0) is 30.2 Å². The van der Waals surface area contributed by atoms with Crippen LogP contribution in [0.5, 0.6) is 5.75 Å². The Morgan fingerprint density at radius 2 is 2.26 bits per heavy atom. The van der Waals surface area contributed by atoms with Crippen molar-refractivity contribution < 1.29 is 28.8 Å². The number of rotatable bonds is 7. The van der Waals surface area contributed by atoms with Crippen LogP contribution >= 0.6 is 0 Å². The Kier molecular flexibility index (Phi) is 6.36. The van der Waals surface area contributed by atoms with Crippen LogP contribution in [0.25, 0.3) is 0 Å². The molecule has 1 aromatic rings. The van der Waals surface area contributed by atoms with Gasteiger partial charge < -0.3 is 29.4 Å². The van der Waals surface area contributed by atoms with Gasteiger partial charge in [0, 0.05) is 19.5 Å². The number of aliphatic hydroxyl groups is 1. The van der Waals surface area contributed by atoms with Crippen molar-refractivity contribution in [2.45, 2.75) is 25.0 Å². The van der Waals surface area contributed by atoms with Gasteiger partial charge in [-0.25, -0.2) is 4.79 Å². The molecule has 3 rings (SSSR count). The minimum absolute atomic E-state index is 0.111. The van der Waals surface area contributed by atoms with Crippen molar-refractivity contribution >= 4 is 5.97 Å². The lowest BCUT2D eigenvalue weighted by Gasteiger charge is -2.29. The first-order chi connectivity index (χ1) is 13.1. The third kappa shape index (κ3) is 4.61. The molecule has 0 spiro atoms. The summed E-state index contributed by atoms with van der Waals surface area (Å²) < 4.78 is 21.6. The van der Waals surface area contributed by atoms with Gasteiger partial charge in [-0.2, -0.15) is 0 Å². The van der Waals surface area contributed by atoms with Crippen LogP contribution in [0.15, 0.2) is 41.9 Å². The van der Waals surface area contributed by atoms with Gasteiger partial charge >= 0.3 is 5.97 Å². The second-order valence-corrected chi connectivity index (χ2v) is 6.40. The summed E-state index contributed by atoms with van der Waals surface area (Å²) in [6.07, 6.45) is 4.99. The first kappa shape index (κ1) is 19.3. The molecule has 1 aromatic carbocycles. The molecule has 2 unspecified atom stereocenters. The Morgan fingerprint density at radius 3 is 3.04 bits per heavy atom. The van der Waals surface area contributed by atoms with Crippen molar-refractivity contribution in [2.75, 3.05) is 33.9 Å². The van der Waals surface area contributed by atoms with Crippen molar-refractivity contribution in [1.29, 1.82) is 0 Å². The summed E-state index contributed by atoms with van der Waals surface area (Å²) >= 11 is 0.